The molecule has 0 spiro atoms. The molecule has 16 heavy (non-hydrogen) atoms. The molecule has 0 aliphatic carbocycles. The van der Waals surface area contributed by atoms with Crippen molar-refractivity contribution in [3.63, 3.8) is 0 Å². The molecule has 0 saturated heterocycles. The first-order chi connectivity index (χ1) is 7.79. The Labute approximate surface area is 95.3 Å². The Morgan fingerprint density at radius 2 is 2.44 bits per heavy atom. The molecule has 0 saturated carbocycles. The minimum atomic E-state index is 0.268. The van der Waals surface area contributed by atoms with Crippen molar-refractivity contribution in [3.05, 3.63) is 42.1 Å². The van der Waals surface area contributed by atoms with Crippen molar-refractivity contribution < 1.29 is 4.42 Å². The number of likely N-dealkylation sites (N-methyl/N-ethyl adjacent to an activating group) is 1. The van der Waals surface area contributed by atoms with Gasteiger partial charge in [0.25, 0.3) is 0 Å². The maximum absolute atomic E-state index is 5.37. The average Bonchev–Trinajstić information content (AvgIpc) is 2.88. The van der Waals surface area contributed by atoms with Crippen LogP contribution in [0.3, 0.4) is 0 Å². The SMILES string of the molecule is CCNC(Cc1ccco1)c1cnn(C)c1. The van der Waals surface area contributed by atoms with Gasteiger partial charge in [0.2, 0.25) is 0 Å². The predicted octanol–water partition coefficient (Wildman–Crippen LogP) is 1.91. The van der Waals surface area contributed by atoms with Crippen LogP contribution in [0.15, 0.2) is 35.2 Å². The van der Waals surface area contributed by atoms with E-state index in [1.165, 1.54) is 5.56 Å². The molecule has 0 bridgehead atoms. The molecule has 0 aliphatic rings. The van der Waals surface area contributed by atoms with Crippen LogP contribution < -0.4 is 5.32 Å². The molecule has 1 atom stereocenters. The molecule has 1 unspecified atom stereocenters. The van der Waals surface area contributed by atoms with Crippen LogP contribution in [0.4, 0.5) is 0 Å². The van der Waals surface area contributed by atoms with Crippen LogP contribution >= 0.6 is 0 Å². The topological polar surface area (TPSA) is 43.0 Å². The minimum absolute atomic E-state index is 0.268. The zero-order chi connectivity index (χ0) is 11.4. The van der Waals surface area contributed by atoms with Gasteiger partial charge in [0, 0.05) is 31.3 Å². The zero-order valence-corrected chi connectivity index (χ0v) is 9.68. The first-order valence-corrected chi connectivity index (χ1v) is 5.54. The fourth-order valence-corrected chi connectivity index (χ4v) is 1.80. The van der Waals surface area contributed by atoms with Crippen LogP contribution in [0, 0.1) is 0 Å². The molecule has 2 rings (SSSR count). The van der Waals surface area contributed by atoms with Gasteiger partial charge in [-0.05, 0) is 18.7 Å². The lowest BCUT2D eigenvalue weighted by molar-refractivity contribution is 0.455. The van der Waals surface area contributed by atoms with E-state index in [1.54, 1.807) is 6.26 Å². The molecule has 0 aromatic carbocycles. The number of hydrogen-bond donors (Lipinski definition) is 1. The normalized spacial score (nSPS) is 12.9. The Kier molecular flexibility index (Phi) is 3.41. The van der Waals surface area contributed by atoms with Gasteiger partial charge in [-0.2, -0.15) is 5.10 Å². The van der Waals surface area contributed by atoms with Gasteiger partial charge >= 0.3 is 0 Å². The highest BCUT2D eigenvalue weighted by Gasteiger charge is 2.14. The summed E-state index contributed by atoms with van der Waals surface area (Å²) >= 11 is 0. The molecule has 86 valence electrons. The summed E-state index contributed by atoms with van der Waals surface area (Å²) in [4.78, 5) is 0. The number of furan rings is 1. The second-order valence-corrected chi connectivity index (χ2v) is 3.84. The summed E-state index contributed by atoms with van der Waals surface area (Å²) in [6.45, 7) is 3.03. The average molecular weight is 219 g/mol. The van der Waals surface area contributed by atoms with E-state index < -0.39 is 0 Å². The Morgan fingerprint density at radius 1 is 1.56 bits per heavy atom. The van der Waals surface area contributed by atoms with Gasteiger partial charge in [-0.15, -0.1) is 0 Å². The Morgan fingerprint density at radius 3 is 3.00 bits per heavy atom. The van der Waals surface area contributed by atoms with E-state index in [4.69, 9.17) is 4.42 Å². The number of rotatable bonds is 5. The highest BCUT2D eigenvalue weighted by atomic mass is 16.3. The fourth-order valence-electron chi connectivity index (χ4n) is 1.80. The molecule has 2 aromatic heterocycles. The van der Waals surface area contributed by atoms with E-state index >= 15 is 0 Å². The lowest BCUT2D eigenvalue weighted by Gasteiger charge is -2.14. The molecule has 0 aliphatic heterocycles. The predicted molar refractivity (Wildman–Crippen MR) is 62.0 cm³/mol. The largest absolute Gasteiger partial charge is 0.469 e. The van der Waals surface area contributed by atoms with Crippen molar-refractivity contribution in [2.75, 3.05) is 6.54 Å². The number of aromatic nitrogens is 2. The maximum Gasteiger partial charge on any atom is 0.105 e. The van der Waals surface area contributed by atoms with Crippen LogP contribution in [0.2, 0.25) is 0 Å². The third-order valence-corrected chi connectivity index (χ3v) is 2.56. The summed E-state index contributed by atoms with van der Waals surface area (Å²) in [5.74, 6) is 0.995. The van der Waals surface area contributed by atoms with Gasteiger partial charge in [0.15, 0.2) is 0 Å². The lowest BCUT2D eigenvalue weighted by atomic mass is 10.1. The second-order valence-electron chi connectivity index (χ2n) is 3.84. The van der Waals surface area contributed by atoms with Crippen molar-refractivity contribution in [2.45, 2.75) is 19.4 Å². The van der Waals surface area contributed by atoms with Crippen molar-refractivity contribution in [3.8, 4) is 0 Å². The molecule has 1 N–H and O–H groups in total. The summed E-state index contributed by atoms with van der Waals surface area (Å²) in [6.07, 6.45) is 6.50. The standard InChI is InChI=1S/C12H17N3O/c1-3-13-12(7-11-5-4-6-16-11)10-8-14-15(2)9-10/h4-6,8-9,12-13H,3,7H2,1-2H3. The minimum Gasteiger partial charge on any atom is -0.469 e. The van der Waals surface area contributed by atoms with Crippen molar-refractivity contribution in [1.29, 1.82) is 0 Å². The Balaban J connectivity index is 2.11. The van der Waals surface area contributed by atoms with Crippen LogP contribution in [0.25, 0.3) is 0 Å². The first-order valence-electron chi connectivity index (χ1n) is 5.54. The van der Waals surface area contributed by atoms with Crippen molar-refractivity contribution in [1.82, 2.24) is 15.1 Å². The molecular formula is C12H17N3O. The van der Waals surface area contributed by atoms with Crippen LogP contribution in [-0.4, -0.2) is 16.3 Å². The molecular weight excluding hydrogens is 202 g/mol. The van der Waals surface area contributed by atoms with Crippen molar-refractivity contribution in [2.24, 2.45) is 7.05 Å². The molecule has 0 radical (unpaired) electrons. The number of hydrogen-bond acceptors (Lipinski definition) is 3. The molecule has 4 nitrogen and oxygen atoms in total. The Bertz CT molecular complexity index is 419. The molecule has 0 fully saturated rings. The van der Waals surface area contributed by atoms with Gasteiger partial charge in [-0.3, -0.25) is 4.68 Å². The van der Waals surface area contributed by atoms with E-state index in [2.05, 4.69) is 17.3 Å². The third kappa shape index (κ3) is 2.52. The van der Waals surface area contributed by atoms with E-state index in [1.807, 2.05) is 36.3 Å². The Hall–Kier alpha value is -1.55. The summed E-state index contributed by atoms with van der Waals surface area (Å²) in [5, 5.41) is 7.63. The van der Waals surface area contributed by atoms with Crippen molar-refractivity contribution >= 4 is 0 Å². The third-order valence-electron chi connectivity index (χ3n) is 2.56. The van der Waals surface area contributed by atoms with E-state index in [0.717, 1.165) is 18.7 Å². The monoisotopic (exact) mass is 219 g/mol. The number of nitrogens with one attached hydrogen (secondary N) is 1. The van der Waals surface area contributed by atoms with Gasteiger partial charge < -0.3 is 9.73 Å². The van der Waals surface area contributed by atoms with Crippen LogP contribution in [0.5, 0.6) is 0 Å². The molecule has 2 heterocycles. The number of aryl methyl sites for hydroxylation is 1. The highest BCUT2D eigenvalue weighted by Crippen LogP contribution is 2.17. The van der Waals surface area contributed by atoms with Gasteiger partial charge in [-0.25, -0.2) is 0 Å². The highest BCUT2D eigenvalue weighted by molar-refractivity contribution is 5.14. The maximum atomic E-state index is 5.37. The van der Waals surface area contributed by atoms with Gasteiger partial charge in [0.05, 0.1) is 12.5 Å². The second kappa shape index (κ2) is 4.99. The summed E-state index contributed by atoms with van der Waals surface area (Å²) < 4.78 is 7.19. The van der Waals surface area contributed by atoms with Crippen LogP contribution in [0.1, 0.15) is 24.3 Å². The van der Waals surface area contributed by atoms with E-state index in [-0.39, 0.29) is 6.04 Å². The summed E-state index contributed by atoms with van der Waals surface area (Å²) in [5.41, 5.74) is 1.20. The lowest BCUT2D eigenvalue weighted by Crippen LogP contribution is -2.22. The molecule has 2 aromatic rings. The number of nitrogens with zero attached hydrogens (tertiary/aromatic N) is 2. The first kappa shape index (κ1) is 11.0. The summed E-state index contributed by atoms with van der Waals surface area (Å²) in [6, 6.07) is 4.19. The van der Waals surface area contributed by atoms with E-state index in [0.29, 0.717) is 0 Å². The molecule has 4 heteroatoms. The summed E-state index contributed by atoms with van der Waals surface area (Å²) in [7, 11) is 1.93. The fraction of sp³-hybridized carbons (Fsp3) is 0.417. The van der Waals surface area contributed by atoms with Gasteiger partial charge in [-0.1, -0.05) is 6.92 Å². The quantitative estimate of drug-likeness (QED) is 0.835. The van der Waals surface area contributed by atoms with Gasteiger partial charge in [0.1, 0.15) is 5.76 Å². The molecule has 0 amide bonds. The zero-order valence-electron chi connectivity index (χ0n) is 9.68. The van der Waals surface area contributed by atoms with Crippen LogP contribution in [-0.2, 0) is 13.5 Å². The van der Waals surface area contributed by atoms with E-state index in [9.17, 15) is 0 Å². The smallest absolute Gasteiger partial charge is 0.105 e.